The summed E-state index contributed by atoms with van der Waals surface area (Å²) in [5, 5.41) is 1.86. The molecule has 0 N–H and O–H groups in total. The van der Waals surface area contributed by atoms with E-state index in [-0.39, 0.29) is 5.69 Å². The molecular weight excluding hydrogens is 311 g/mol. The SMILES string of the molecule is Cc1ccc2c(c1)c1cc(C)ccc1n2-c1cc(F)cc(F)c1F. The van der Waals surface area contributed by atoms with Crippen LogP contribution in [0.25, 0.3) is 27.5 Å². The zero-order valence-electron chi connectivity index (χ0n) is 13.2. The Morgan fingerprint density at radius 1 is 0.708 bits per heavy atom. The van der Waals surface area contributed by atoms with Crippen molar-refractivity contribution in [3.05, 3.63) is 77.1 Å². The van der Waals surface area contributed by atoms with E-state index in [4.69, 9.17) is 0 Å². The Bertz CT molecular complexity index is 1050. The van der Waals surface area contributed by atoms with Crippen LogP contribution in [0.4, 0.5) is 13.2 Å². The largest absolute Gasteiger partial charge is 0.306 e. The fraction of sp³-hybridized carbons (Fsp3) is 0.100. The number of aryl methyl sites for hydroxylation is 2. The summed E-state index contributed by atoms with van der Waals surface area (Å²) in [6, 6.07) is 13.1. The molecule has 1 nitrogen and oxygen atoms in total. The van der Waals surface area contributed by atoms with E-state index in [1.54, 1.807) is 4.57 Å². The lowest BCUT2D eigenvalue weighted by Crippen LogP contribution is -2.01. The van der Waals surface area contributed by atoms with Gasteiger partial charge in [-0.3, -0.25) is 0 Å². The molecule has 4 rings (SSSR count). The molecule has 0 saturated heterocycles. The van der Waals surface area contributed by atoms with E-state index < -0.39 is 17.5 Å². The Hall–Kier alpha value is -2.75. The van der Waals surface area contributed by atoms with Crippen molar-refractivity contribution in [2.45, 2.75) is 13.8 Å². The zero-order chi connectivity index (χ0) is 17.0. The fourth-order valence-corrected chi connectivity index (χ4v) is 3.22. The van der Waals surface area contributed by atoms with Crippen LogP contribution >= 0.6 is 0 Å². The van der Waals surface area contributed by atoms with Gasteiger partial charge in [0, 0.05) is 22.9 Å². The lowest BCUT2D eigenvalue weighted by molar-refractivity contribution is 0.492. The van der Waals surface area contributed by atoms with Gasteiger partial charge in [0.25, 0.3) is 0 Å². The lowest BCUT2D eigenvalue weighted by atomic mass is 10.1. The smallest absolute Gasteiger partial charge is 0.182 e. The van der Waals surface area contributed by atoms with Crippen LogP contribution in [0.2, 0.25) is 0 Å². The summed E-state index contributed by atoms with van der Waals surface area (Å²) in [4.78, 5) is 0. The quantitative estimate of drug-likeness (QED) is 0.389. The van der Waals surface area contributed by atoms with Gasteiger partial charge in [-0.05, 0) is 38.1 Å². The summed E-state index contributed by atoms with van der Waals surface area (Å²) in [6.07, 6.45) is 0. The van der Waals surface area contributed by atoms with Crippen molar-refractivity contribution in [1.82, 2.24) is 4.57 Å². The van der Waals surface area contributed by atoms with Gasteiger partial charge in [-0.1, -0.05) is 23.3 Å². The van der Waals surface area contributed by atoms with E-state index in [9.17, 15) is 13.2 Å². The number of benzene rings is 3. The lowest BCUT2D eigenvalue weighted by Gasteiger charge is -2.10. The maximum Gasteiger partial charge on any atom is 0.182 e. The Morgan fingerprint density at radius 2 is 1.25 bits per heavy atom. The van der Waals surface area contributed by atoms with Gasteiger partial charge >= 0.3 is 0 Å². The first-order valence-corrected chi connectivity index (χ1v) is 7.62. The molecule has 0 atom stereocenters. The van der Waals surface area contributed by atoms with Gasteiger partial charge in [0.2, 0.25) is 0 Å². The molecule has 1 aromatic heterocycles. The molecule has 0 radical (unpaired) electrons. The summed E-state index contributed by atoms with van der Waals surface area (Å²) < 4.78 is 43.4. The number of fused-ring (bicyclic) bond motifs is 3. The van der Waals surface area contributed by atoms with Gasteiger partial charge in [-0.25, -0.2) is 13.2 Å². The second kappa shape index (κ2) is 5.13. The summed E-state index contributed by atoms with van der Waals surface area (Å²) in [6.45, 7) is 3.95. The Balaban J connectivity index is 2.23. The van der Waals surface area contributed by atoms with E-state index >= 15 is 0 Å². The van der Waals surface area contributed by atoms with E-state index in [0.29, 0.717) is 17.1 Å². The molecule has 0 amide bonds. The monoisotopic (exact) mass is 325 g/mol. The second-order valence-electron chi connectivity index (χ2n) is 6.10. The van der Waals surface area contributed by atoms with Crippen molar-refractivity contribution < 1.29 is 13.2 Å². The average molecular weight is 325 g/mol. The van der Waals surface area contributed by atoms with Gasteiger partial charge in [0.1, 0.15) is 5.82 Å². The van der Waals surface area contributed by atoms with Crippen LogP contribution in [-0.4, -0.2) is 4.57 Å². The molecule has 1 heterocycles. The third-order valence-electron chi connectivity index (χ3n) is 4.29. The summed E-state index contributed by atoms with van der Waals surface area (Å²) in [7, 11) is 0. The number of hydrogen-bond acceptors (Lipinski definition) is 0. The van der Waals surface area contributed by atoms with E-state index in [0.717, 1.165) is 28.0 Å². The third-order valence-corrected chi connectivity index (χ3v) is 4.29. The molecule has 0 spiro atoms. The molecule has 0 bridgehead atoms. The molecule has 0 saturated carbocycles. The fourth-order valence-electron chi connectivity index (χ4n) is 3.22. The minimum Gasteiger partial charge on any atom is -0.306 e. The van der Waals surface area contributed by atoms with Crippen molar-refractivity contribution >= 4 is 21.8 Å². The molecule has 0 unspecified atom stereocenters. The maximum atomic E-state index is 14.4. The highest BCUT2D eigenvalue weighted by Crippen LogP contribution is 2.34. The van der Waals surface area contributed by atoms with Crippen LogP contribution in [0, 0.1) is 31.3 Å². The molecule has 0 aliphatic carbocycles. The highest BCUT2D eigenvalue weighted by atomic mass is 19.2. The first-order valence-electron chi connectivity index (χ1n) is 7.62. The number of hydrogen-bond donors (Lipinski definition) is 0. The molecular formula is C20H14F3N. The van der Waals surface area contributed by atoms with Crippen molar-refractivity contribution in [3.63, 3.8) is 0 Å². The minimum absolute atomic E-state index is 0.125. The highest BCUT2D eigenvalue weighted by molar-refractivity contribution is 6.09. The normalized spacial score (nSPS) is 11.5. The first kappa shape index (κ1) is 14.8. The van der Waals surface area contributed by atoms with Gasteiger partial charge in [0.15, 0.2) is 11.6 Å². The molecule has 0 fully saturated rings. The minimum atomic E-state index is -1.20. The van der Waals surface area contributed by atoms with Crippen LogP contribution in [0.15, 0.2) is 48.5 Å². The number of aromatic nitrogens is 1. The molecule has 24 heavy (non-hydrogen) atoms. The summed E-state index contributed by atoms with van der Waals surface area (Å²) in [5.74, 6) is -3.06. The van der Waals surface area contributed by atoms with Crippen molar-refractivity contribution in [3.8, 4) is 5.69 Å². The third kappa shape index (κ3) is 2.10. The van der Waals surface area contributed by atoms with Crippen LogP contribution in [0.5, 0.6) is 0 Å². The van der Waals surface area contributed by atoms with Gasteiger partial charge < -0.3 is 4.57 Å². The Morgan fingerprint density at radius 3 is 1.79 bits per heavy atom. The molecule has 3 aromatic carbocycles. The predicted octanol–water partition coefficient (Wildman–Crippen LogP) is 5.82. The topological polar surface area (TPSA) is 4.93 Å². The standard InChI is InChI=1S/C20H14F3N/c1-11-3-5-17-14(7-11)15-8-12(2)4-6-18(15)24(17)19-10-13(21)9-16(22)20(19)23/h3-10H,1-2H3. The number of halogens is 3. The first-order chi connectivity index (χ1) is 11.5. The van der Waals surface area contributed by atoms with Crippen molar-refractivity contribution in [2.24, 2.45) is 0 Å². The van der Waals surface area contributed by atoms with Crippen LogP contribution in [0.1, 0.15) is 11.1 Å². The van der Waals surface area contributed by atoms with E-state index in [1.165, 1.54) is 0 Å². The molecule has 4 heteroatoms. The second-order valence-corrected chi connectivity index (χ2v) is 6.10. The Kier molecular flexibility index (Phi) is 3.17. The van der Waals surface area contributed by atoms with Gasteiger partial charge in [-0.2, -0.15) is 0 Å². The summed E-state index contributed by atoms with van der Waals surface area (Å²) >= 11 is 0. The molecule has 0 aliphatic rings. The molecule has 4 aromatic rings. The van der Waals surface area contributed by atoms with Gasteiger partial charge in [0.05, 0.1) is 16.7 Å². The van der Waals surface area contributed by atoms with Crippen LogP contribution in [-0.2, 0) is 0 Å². The predicted molar refractivity (Wildman–Crippen MR) is 90.1 cm³/mol. The van der Waals surface area contributed by atoms with Gasteiger partial charge in [-0.15, -0.1) is 0 Å². The van der Waals surface area contributed by atoms with E-state index in [1.807, 2.05) is 50.2 Å². The van der Waals surface area contributed by atoms with Crippen LogP contribution < -0.4 is 0 Å². The molecule has 0 aliphatic heterocycles. The number of nitrogens with zero attached hydrogens (tertiary/aromatic N) is 1. The maximum absolute atomic E-state index is 14.4. The Labute approximate surface area is 136 Å². The zero-order valence-corrected chi connectivity index (χ0v) is 13.2. The average Bonchev–Trinajstić information content (AvgIpc) is 2.84. The van der Waals surface area contributed by atoms with Crippen molar-refractivity contribution in [1.29, 1.82) is 0 Å². The van der Waals surface area contributed by atoms with Crippen molar-refractivity contribution in [2.75, 3.05) is 0 Å². The number of rotatable bonds is 1. The highest BCUT2D eigenvalue weighted by Gasteiger charge is 2.18. The molecule has 120 valence electrons. The summed E-state index contributed by atoms with van der Waals surface area (Å²) in [5.41, 5.74) is 3.43. The van der Waals surface area contributed by atoms with Crippen LogP contribution in [0.3, 0.4) is 0 Å². The van der Waals surface area contributed by atoms with E-state index in [2.05, 4.69) is 0 Å².